The summed E-state index contributed by atoms with van der Waals surface area (Å²) in [5.74, 6) is -0.997. The summed E-state index contributed by atoms with van der Waals surface area (Å²) in [6, 6.07) is 6.98. The minimum absolute atomic E-state index is 0.0310. The molecule has 0 amide bonds. The number of carbonyl (C=O) groups is 2. The Hall–Kier alpha value is -2.49. The molecular weight excluding hydrogens is 384 g/mol. The highest BCUT2D eigenvalue weighted by atomic mass is 32.2. The van der Waals surface area contributed by atoms with Gasteiger partial charge < -0.3 is 9.30 Å². The molecule has 0 bridgehead atoms. The Kier molecular flexibility index (Phi) is 6.76. The van der Waals surface area contributed by atoms with Crippen molar-refractivity contribution in [3.63, 3.8) is 0 Å². The third kappa shape index (κ3) is 4.32. The van der Waals surface area contributed by atoms with E-state index in [0.717, 1.165) is 17.9 Å². The molecule has 0 saturated carbocycles. The maximum atomic E-state index is 12.4. The van der Waals surface area contributed by atoms with Crippen LogP contribution in [-0.4, -0.2) is 50.0 Å². The molecule has 0 atom stereocenters. The Morgan fingerprint density at radius 1 is 1.14 bits per heavy atom. The van der Waals surface area contributed by atoms with Gasteiger partial charge in [0.2, 0.25) is 5.78 Å². The van der Waals surface area contributed by atoms with Gasteiger partial charge in [-0.05, 0) is 51.1 Å². The van der Waals surface area contributed by atoms with Crippen molar-refractivity contribution in [1.29, 1.82) is 0 Å². The molecule has 0 aliphatic heterocycles. The molecule has 8 nitrogen and oxygen atoms in total. The standard InChI is InChI=1S/C19H24N2O6S/c1-6-21-13(2)11-17(14(21)3)18(22)12-27-19(23)15-7-9-16(10-8-15)28(24,25)20(4)26-5/h7-11H,6,12H2,1-5H3. The minimum atomic E-state index is -3.80. The summed E-state index contributed by atoms with van der Waals surface area (Å²) >= 11 is 0. The number of rotatable bonds is 8. The van der Waals surface area contributed by atoms with Crippen LogP contribution in [0.5, 0.6) is 0 Å². The predicted octanol–water partition coefficient (Wildman–Crippen LogP) is 2.35. The van der Waals surface area contributed by atoms with Gasteiger partial charge in [-0.15, -0.1) is 0 Å². The van der Waals surface area contributed by atoms with Crippen LogP contribution in [0, 0.1) is 13.8 Å². The summed E-state index contributed by atoms with van der Waals surface area (Å²) in [6.45, 7) is 6.11. The van der Waals surface area contributed by atoms with Gasteiger partial charge in [-0.25, -0.2) is 13.2 Å². The first-order chi connectivity index (χ1) is 13.1. The van der Waals surface area contributed by atoms with Gasteiger partial charge in [-0.2, -0.15) is 0 Å². The lowest BCUT2D eigenvalue weighted by Gasteiger charge is -2.14. The van der Waals surface area contributed by atoms with Crippen LogP contribution in [0.3, 0.4) is 0 Å². The molecule has 1 aromatic heterocycles. The Morgan fingerprint density at radius 2 is 1.75 bits per heavy atom. The van der Waals surface area contributed by atoms with Gasteiger partial charge in [0.15, 0.2) is 6.61 Å². The molecule has 152 valence electrons. The second kappa shape index (κ2) is 8.68. The zero-order valence-electron chi connectivity index (χ0n) is 16.6. The van der Waals surface area contributed by atoms with E-state index in [4.69, 9.17) is 9.57 Å². The number of hydroxylamine groups is 1. The number of hydrogen-bond acceptors (Lipinski definition) is 6. The maximum absolute atomic E-state index is 12.4. The number of carbonyl (C=O) groups excluding carboxylic acids is 2. The fourth-order valence-corrected chi connectivity index (χ4v) is 3.84. The number of aromatic nitrogens is 1. The smallest absolute Gasteiger partial charge is 0.338 e. The molecule has 0 aliphatic rings. The van der Waals surface area contributed by atoms with Crippen molar-refractivity contribution in [2.75, 3.05) is 20.8 Å². The first-order valence-corrected chi connectivity index (χ1v) is 10.1. The lowest BCUT2D eigenvalue weighted by molar-refractivity contribution is -0.0258. The van der Waals surface area contributed by atoms with E-state index < -0.39 is 16.0 Å². The highest BCUT2D eigenvalue weighted by Gasteiger charge is 2.22. The lowest BCUT2D eigenvalue weighted by atomic mass is 10.1. The Bertz CT molecular complexity index is 977. The Labute approximate surface area is 164 Å². The molecule has 2 aromatic rings. The highest BCUT2D eigenvalue weighted by molar-refractivity contribution is 7.89. The van der Waals surface area contributed by atoms with Crippen molar-refractivity contribution in [3.8, 4) is 0 Å². The number of ether oxygens (including phenoxy) is 1. The third-order valence-electron chi connectivity index (χ3n) is 4.51. The zero-order valence-corrected chi connectivity index (χ0v) is 17.4. The fourth-order valence-electron chi connectivity index (χ4n) is 2.87. The van der Waals surface area contributed by atoms with E-state index >= 15 is 0 Å². The van der Waals surface area contributed by atoms with Crippen molar-refractivity contribution >= 4 is 21.8 Å². The number of benzene rings is 1. The Balaban J connectivity index is 2.07. The molecule has 0 N–H and O–H groups in total. The van der Waals surface area contributed by atoms with Crippen LogP contribution in [0.2, 0.25) is 0 Å². The first-order valence-electron chi connectivity index (χ1n) is 8.63. The summed E-state index contributed by atoms with van der Waals surface area (Å²) in [7, 11) is -1.30. The third-order valence-corrected chi connectivity index (χ3v) is 6.20. The average Bonchev–Trinajstić information content (AvgIpc) is 2.98. The zero-order chi connectivity index (χ0) is 21.1. The average molecular weight is 408 g/mol. The summed E-state index contributed by atoms with van der Waals surface area (Å²) in [5, 5.41) is 0. The van der Waals surface area contributed by atoms with E-state index in [-0.39, 0.29) is 22.8 Å². The minimum Gasteiger partial charge on any atom is -0.454 e. The van der Waals surface area contributed by atoms with E-state index in [2.05, 4.69) is 0 Å². The van der Waals surface area contributed by atoms with E-state index in [1.54, 1.807) is 6.07 Å². The Morgan fingerprint density at radius 3 is 2.25 bits per heavy atom. The number of aryl methyl sites for hydroxylation is 1. The van der Waals surface area contributed by atoms with Crippen molar-refractivity contribution in [3.05, 3.63) is 52.8 Å². The molecule has 0 fully saturated rings. The van der Waals surface area contributed by atoms with Crippen LogP contribution in [0.15, 0.2) is 35.2 Å². The molecule has 2 rings (SSSR count). The first kappa shape index (κ1) is 21.8. The van der Waals surface area contributed by atoms with Gasteiger partial charge in [0.05, 0.1) is 17.6 Å². The number of ketones is 1. The van der Waals surface area contributed by atoms with Gasteiger partial charge in [-0.1, -0.05) is 4.47 Å². The summed E-state index contributed by atoms with van der Waals surface area (Å²) < 4.78 is 32.1. The second-order valence-corrected chi connectivity index (χ2v) is 8.09. The van der Waals surface area contributed by atoms with E-state index in [1.165, 1.54) is 38.4 Å². The molecule has 0 aliphatic carbocycles. The van der Waals surface area contributed by atoms with E-state index in [9.17, 15) is 18.0 Å². The van der Waals surface area contributed by atoms with Crippen molar-refractivity contribution in [2.45, 2.75) is 32.2 Å². The highest BCUT2D eigenvalue weighted by Crippen LogP contribution is 2.17. The van der Waals surface area contributed by atoms with Crippen LogP contribution < -0.4 is 0 Å². The summed E-state index contributed by atoms with van der Waals surface area (Å²) in [6.07, 6.45) is 0. The number of esters is 1. The summed E-state index contributed by atoms with van der Waals surface area (Å²) in [5.41, 5.74) is 2.47. The van der Waals surface area contributed by atoms with Crippen LogP contribution in [0.1, 0.15) is 39.0 Å². The van der Waals surface area contributed by atoms with Gasteiger partial charge in [0.1, 0.15) is 0 Å². The van der Waals surface area contributed by atoms with Crippen LogP contribution in [-0.2, 0) is 26.1 Å². The van der Waals surface area contributed by atoms with Crippen molar-refractivity contribution in [2.24, 2.45) is 0 Å². The summed E-state index contributed by atoms with van der Waals surface area (Å²) in [4.78, 5) is 29.2. The van der Waals surface area contributed by atoms with Crippen LogP contribution in [0.25, 0.3) is 0 Å². The molecule has 0 saturated heterocycles. The fraction of sp³-hybridized carbons (Fsp3) is 0.368. The van der Waals surface area contributed by atoms with E-state index in [1.807, 2.05) is 25.3 Å². The number of nitrogens with zero attached hydrogens (tertiary/aromatic N) is 2. The number of Topliss-reactive ketones (excluding diaryl/α,β-unsaturated/α-hetero) is 1. The van der Waals surface area contributed by atoms with E-state index in [0.29, 0.717) is 10.0 Å². The van der Waals surface area contributed by atoms with Gasteiger partial charge >= 0.3 is 5.97 Å². The van der Waals surface area contributed by atoms with Crippen molar-refractivity contribution in [1.82, 2.24) is 9.04 Å². The topological polar surface area (TPSA) is 94.9 Å². The molecule has 28 heavy (non-hydrogen) atoms. The molecular formula is C19H24N2O6S. The second-order valence-electron chi connectivity index (χ2n) is 6.15. The van der Waals surface area contributed by atoms with Gasteiger partial charge in [-0.3, -0.25) is 9.63 Å². The quantitative estimate of drug-likeness (QED) is 0.378. The monoisotopic (exact) mass is 408 g/mol. The van der Waals surface area contributed by atoms with Gasteiger partial charge in [0.25, 0.3) is 10.0 Å². The largest absolute Gasteiger partial charge is 0.454 e. The van der Waals surface area contributed by atoms with Crippen LogP contribution >= 0.6 is 0 Å². The number of hydrogen-bond donors (Lipinski definition) is 0. The maximum Gasteiger partial charge on any atom is 0.338 e. The molecule has 0 unspecified atom stereocenters. The molecule has 1 heterocycles. The van der Waals surface area contributed by atoms with Crippen molar-refractivity contribution < 1.29 is 27.6 Å². The SMILES string of the molecule is CCn1c(C)cc(C(=O)COC(=O)c2ccc(S(=O)(=O)N(C)OC)cc2)c1C. The lowest BCUT2D eigenvalue weighted by Crippen LogP contribution is -2.25. The number of sulfonamides is 1. The van der Waals surface area contributed by atoms with Gasteiger partial charge in [0, 0.05) is 30.5 Å². The molecule has 1 aromatic carbocycles. The molecule has 0 radical (unpaired) electrons. The predicted molar refractivity (Wildman–Crippen MR) is 103 cm³/mol. The van der Waals surface area contributed by atoms with Crippen LogP contribution in [0.4, 0.5) is 0 Å². The molecule has 9 heteroatoms. The molecule has 0 spiro atoms. The normalized spacial score (nSPS) is 11.6.